The fourth-order valence-electron chi connectivity index (χ4n) is 1.93. The van der Waals surface area contributed by atoms with Crippen LogP contribution >= 0.6 is 11.8 Å². The lowest BCUT2D eigenvalue weighted by Crippen LogP contribution is -2.36. The standard InChI is InChI=1S/C16H17F3O2S/c1-4-10-15(14(20)21-3,22-16(17,18)19)11-9-13-8-6-5-7-12(13)2/h4-9,11H,1,10H2,2-3H3/b11-9+. The Labute approximate surface area is 132 Å². The number of methoxy groups -OCH3 is 1. The van der Waals surface area contributed by atoms with Crippen molar-refractivity contribution in [2.24, 2.45) is 0 Å². The van der Waals surface area contributed by atoms with E-state index in [2.05, 4.69) is 11.3 Å². The molecule has 0 radical (unpaired) electrons. The van der Waals surface area contributed by atoms with Crippen molar-refractivity contribution in [1.29, 1.82) is 0 Å². The van der Waals surface area contributed by atoms with Gasteiger partial charge in [-0.05, 0) is 36.2 Å². The van der Waals surface area contributed by atoms with E-state index in [-0.39, 0.29) is 6.42 Å². The molecule has 22 heavy (non-hydrogen) atoms. The van der Waals surface area contributed by atoms with Gasteiger partial charge in [-0.15, -0.1) is 6.58 Å². The van der Waals surface area contributed by atoms with E-state index in [9.17, 15) is 18.0 Å². The molecule has 1 aromatic rings. The van der Waals surface area contributed by atoms with Crippen LogP contribution in [0.2, 0.25) is 0 Å². The third-order valence-electron chi connectivity index (χ3n) is 3.00. The Bertz CT molecular complexity index is 567. The van der Waals surface area contributed by atoms with Gasteiger partial charge in [-0.25, -0.2) is 0 Å². The van der Waals surface area contributed by atoms with E-state index >= 15 is 0 Å². The Morgan fingerprint density at radius 1 is 1.36 bits per heavy atom. The quantitative estimate of drug-likeness (QED) is 0.556. The Balaban J connectivity index is 3.26. The summed E-state index contributed by atoms with van der Waals surface area (Å²) in [6, 6.07) is 7.20. The molecular weight excluding hydrogens is 313 g/mol. The van der Waals surface area contributed by atoms with Gasteiger partial charge in [0.25, 0.3) is 0 Å². The number of esters is 1. The minimum Gasteiger partial charge on any atom is -0.468 e. The number of benzene rings is 1. The molecule has 0 amide bonds. The SMILES string of the molecule is C=CCC(/C=C/c1ccccc1C)(SC(F)(F)F)C(=O)OC. The van der Waals surface area contributed by atoms with Crippen LogP contribution in [0.3, 0.4) is 0 Å². The average Bonchev–Trinajstić information content (AvgIpc) is 2.44. The van der Waals surface area contributed by atoms with Crippen LogP contribution in [0.15, 0.2) is 43.0 Å². The molecule has 1 unspecified atom stereocenters. The summed E-state index contributed by atoms with van der Waals surface area (Å²) < 4.78 is 41.3. The smallest absolute Gasteiger partial charge is 0.443 e. The number of carbonyl (C=O) groups excluding carboxylic acids is 1. The third kappa shape index (κ3) is 4.94. The summed E-state index contributed by atoms with van der Waals surface area (Å²) in [5, 5.41) is 0. The molecule has 1 rings (SSSR count). The van der Waals surface area contributed by atoms with Gasteiger partial charge in [-0.2, -0.15) is 13.2 Å². The number of alkyl halides is 3. The second-order valence-electron chi connectivity index (χ2n) is 4.61. The van der Waals surface area contributed by atoms with Crippen LogP contribution < -0.4 is 0 Å². The first-order valence-corrected chi connectivity index (χ1v) is 7.27. The van der Waals surface area contributed by atoms with Gasteiger partial charge in [0, 0.05) is 0 Å². The lowest BCUT2D eigenvalue weighted by atomic mass is 10.0. The second kappa shape index (κ2) is 7.54. The molecule has 0 bridgehead atoms. The molecule has 6 heteroatoms. The highest BCUT2D eigenvalue weighted by Gasteiger charge is 2.47. The minimum atomic E-state index is -4.58. The van der Waals surface area contributed by atoms with Gasteiger partial charge in [0.05, 0.1) is 7.11 Å². The van der Waals surface area contributed by atoms with Gasteiger partial charge in [-0.3, -0.25) is 4.79 Å². The fraction of sp³-hybridized carbons (Fsp3) is 0.312. The van der Waals surface area contributed by atoms with Crippen molar-refractivity contribution in [3.8, 4) is 0 Å². The number of rotatable bonds is 6. The predicted molar refractivity (Wildman–Crippen MR) is 83.4 cm³/mol. The van der Waals surface area contributed by atoms with Crippen LogP contribution in [-0.2, 0) is 9.53 Å². The molecule has 0 heterocycles. The number of carbonyl (C=O) groups is 1. The summed E-state index contributed by atoms with van der Waals surface area (Å²) in [7, 11) is 1.07. The van der Waals surface area contributed by atoms with Crippen molar-refractivity contribution in [1.82, 2.24) is 0 Å². The number of thioether (sulfide) groups is 1. The zero-order chi connectivity index (χ0) is 16.8. The van der Waals surface area contributed by atoms with Gasteiger partial charge in [-0.1, -0.05) is 42.5 Å². The Hall–Kier alpha value is -1.69. The van der Waals surface area contributed by atoms with Crippen molar-refractivity contribution in [2.75, 3.05) is 7.11 Å². The monoisotopic (exact) mass is 330 g/mol. The van der Waals surface area contributed by atoms with Gasteiger partial charge in [0.15, 0.2) is 0 Å². The van der Waals surface area contributed by atoms with Gasteiger partial charge >= 0.3 is 11.5 Å². The largest absolute Gasteiger partial charge is 0.468 e. The Kier molecular flexibility index (Phi) is 6.29. The first-order valence-electron chi connectivity index (χ1n) is 6.45. The molecule has 0 aliphatic rings. The van der Waals surface area contributed by atoms with Crippen LogP contribution in [0.4, 0.5) is 13.2 Å². The van der Waals surface area contributed by atoms with Crippen LogP contribution in [-0.4, -0.2) is 23.3 Å². The summed E-state index contributed by atoms with van der Waals surface area (Å²) in [6.07, 6.45) is 3.83. The molecule has 120 valence electrons. The van der Waals surface area contributed by atoms with Crippen molar-refractivity contribution < 1.29 is 22.7 Å². The van der Waals surface area contributed by atoms with E-state index in [4.69, 9.17) is 0 Å². The average molecular weight is 330 g/mol. The second-order valence-corrected chi connectivity index (χ2v) is 6.01. The molecule has 0 aromatic heterocycles. The van der Waals surface area contributed by atoms with Crippen LogP contribution in [0, 0.1) is 6.92 Å². The summed E-state index contributed by atoms with van der Waals surface area (Å²) in [5.74, 6) is -0.959. The maximum absolute atomic E-state index is 12.9. The van der Waals surface area contributed by atoms with E-state index in [1.165, 1.54) is 18.2 Å². The van der Waals surface area contributed by atoms with Crippen molar-refractivity contribution in [3.63, 3.8) is 0 Å². The normalized spacial score (nSPS) is 14.6. The van der Waals surface area contributed by atoms with Crippen molar-refractivity contribution >= 4 is 23.8 Å². The Morgan fingerprint density at radius 3 is 2.50 bits per heavy atom. The molecule has 0 aliphatic carbocycles. The maximum atomic E-state index is 12.9. The number of allylic oxidation sites excluding steroid dienone is 1. The molecule has 0 fully saturated rings. The molecule has 0 N–H and O–H groups in total. The van der Waals surface area contributed by atoms with Crippen LogP contribution in [0.1, 0.15) is 17.5 Å². The number of hydrogen-bond donors (Lipinski definition) is 0. The lowest BCUT2D eigenvalue weighted by Gasteiger charge is -2.26. The third-order valence-corrected chi connectivity index (χ3v) is 4.06. The first-order chi connectivity index (χ1) is 10.2. The van der Waals surface area contributed by atoms with Crippen LogP contribution in [0.5, 0.6) is 0 Å². The number of halogens is 3. The maximum Gasteiger partial charge on any atom is 0.443 e. The minimum absolute atomic E-state index is 0.188. The zero-order valence-corrected chi connectivity index (χ0v) is 13.1. The van der Waals surface area contributed by atoms with E-state index < -0.39 is 28.0 Å². The van der Waals surface area contributed by atoms with Crippen molar-refractivity contribution in [2.45, 2.75) is 23.6 Å². The molecule has 1 aromatic carbocycles. The molecule has 0 aliphatic heterocycles. The molecule has 0 saturated carbocycles. The van der Waals surface area contributed by atoms with Gasteiger partial charge < -0.3 is 4.74 Å². The fourth-order valence-corrected chi connectivity index (χ4v) is 2.85. The number of hydrogen-bond acceptors (Lipinski definition) is 3. The molecule has 2 nitrogen and oxygen atoms in total. The summed E-state index contributed by atoms with van der Waals surface area (Å²) in [6.45, 7) is 5.28. The van der Waals surface area contributed by atoms with E-state index in [0.717, 1.165) is 18.2 Å². The number of aryl methyl sites for hydroxylation is 1. The van der Waals surface area contributed by atoms with E-state index in [0.29, 0.717) is 0 Å². The zero-order valence-electron chi connectivity index (χ0n) is 12.3. The molecular formula is C16H17F3O2S. The topological polar surface area (TPSA) is 26.3 Å². The molecule has 0 spiro atoms. The Morgan fingerprint density at radius 2 is 2.00 bits per heavy atom. The molecule has 1 atom stereocenters. The highest BCUT2D eigenvalue weighted by atomic mass is 32.2. The summed E-state index contributed by atoms with van der Waals surface area (Å²) >= 11 is -0.401. The highest BCUT2D eigenvalue weighted by Crippen LogP contribution is 2.44. The van der Waals surface area contributed by atoms with E-state index in [1.54, 1.807) is 12.1 Å². The van der Waals surface area contributed by atoms with Crippen molar-refractivity contribution in [3.05, 3.63) is 54.1 Å². The highest BCUT2D eigenvalue weighted by molar-refractivity contribution is 8.02. The first kappa shape index (κ1) is 18.4. The molecule has 0 saturated heterocycles. The summed E-state index contributed by atoms with van der Waals surface area (Å²) in [4.78, 5) is 12.0. The predicted octanol–water partition coefficient (Wildman–Crippen LogP) is 4.75. The lowest BCUT2D eigenvalue weighted by molar-refractivity contribution is -0.142. The van der Waals surface area contributed by atoms with Crippen LogP contribution in [0.25, 0.3) is 6.08 Å². The van der Waals surface area contributed by atoms with Gasteiger partial charge in [0.2, 0.25) is 0 Å². The van der Waals surface area contributed by atoms with E-state index in [1.807, 2.05) is 19.1 Å². The number of ether oxygens (including phenoxy) is 1. The van der Waals surface area contributed by atoms with Gasteiger partial charge in [0.1, 0.15) is 4.75 Å². The summed E-state index contributed by atoms with van der Waals surface area (Å²) in [5.41, 5.74) is -2.94.